The zero-order valence-electron chi connectivity index (χ0n) is 30.1. The second kappa shape index (κ2) is 14.7. The molecule has 4 aliphatic heterocycles. The van der Waals surface area contributed by atoms with Gasteiger partial charge in [0.1, 0.15) is 17.5 Å². The SMILES string of the molecule is COc1cc(N2CCN(C(=O)C3CCN(c4ccc5c(c4)C(=O)N(C4CCC(=O)NC4=O)C5=O)CC3)CC2)ccc1NC(=O)c1cccc(-c2ccn[nH]2)n1. The molecule has 55 heavy (non-hydrogen) atoms. The van der Waals surface area contributed by atoms with Crippen LogP contribution in [0.4, 0.5) is 17.1 Å². The Morgan fingerprint density at radius 2 is 1.55 bits per heavy atom. The van der Waals surface area contributed by atoms with Crippen molar-refractivity contribution < 1.29 is 33.5 Å². The number of hydrogen-bond acceptors (Lipinski definition) is 11. The predicted octanol–water partition coefficient (Wildman–Crippen LogP) is 2.70. The van der Waals surface area contributed by atoms with Gasteiger partial charge in [0.05, 0.1) is 35.3 Å². The highest BCUT2D eigenvalue weighted by molar-refractivity contribution is 6.23. The van der Waals surface area contributed by atoms with Crippen molar-refractivity contribution >= 4 is 52.5 Å². The van der Waals surface area contributed by atoms with Gasteiger partial charge in [0.15, 0.2) is 0 Å². The maximum Gasteiger partial charge on any atom is 0.274 e. The first-order chi connectivity index (χ1) is 26.7. The molecule has 4 aliphatic rings. The molecule has 282 valence electrons. The number of anilines is 3. The van der Waals surface area contributed by atoms with E-state index in [4.69, 9.17) is 4.74 Å². The number of carbonyl (C=O) groups is 6. The number of rotatable bonds is 8. The number of hydrogen-bond donors (Lipinski definition) is 3. The number of aromatic nitrogens is 3. The number of H-pyrrole nitrogens is 1. The average Bonchev–Trinajstić information content (AvgIpc) is 3.84. The standard InChI is InChI=1S/C39H39N9O7/c1-55-33-22-25(6-8-30(33)42-35(50)31-4-2-3-28(41-31)29-11-14-40-44-29)46-17-19-47(20-18-46)37(52)23-12-15-45(16-13-23)24-5-7-26-27(21-24)39(54)48(38(26)53)32-9-10-34(49)43-36(32)51/h2-8,11,14,21-23,32H,9-10,12-13,15-20H2,1H3,(H,40,44)(H,42,50)(H,43,49,51). The molecule has 0 aliphatic carbocycles. The lowest BCUT2D eigenvalue weighted by Crippen LogP contribution is -2.54. The van der Waals surface area contributed by atoms with Crippen molar-refractivity contribution in [2.24, 2.45) is 5.92 Å². The number of pyridine rings is 1. The topological polar surface area (TPSA) is 190 Å². The lowest BCUT2D eigenvalue weighted by atomic mass is 9.94. The fraction of sp³-hybridized carbons (Fsp3) is 0.333. The molecule has 1 unspecified atom stereocenters. The predicted molar refractivity (Wildman–Crippen MR) is 200 cm³/mol. The summed E-state index contributed by atoms with van der Waals surface area (Å²) in [6, 6.07) is 16.7. The number of imide groups is 2. The van der Waals surface area contributed by atoms with E-state index < -0.39 is 29.7 Å². The Labute approximate surface area is 315 Å². The van der Waals surface area contributed by atoms with Crippen molar-refractivity contribution in [1.29, 1.82) is 0 Å². The number of benzene rings is 2. The largest absolute Gasteiger partial charge is 0.494 e. The lowest BCUT2D eigenvalue weighted by Gasteiger charge is -2.40. The molecule has 16 heteroatoms. The van der Waals surface area contributed by atoms with Gasteiger partial charge in [-0.1, -0.05) is 6.07 Å². The van der Waals surface area contributed by atoms with Gasteiger partial charge in [-0.15, -0.1) is 0 Å². The van der Waals surface area contributed by atoms with Crippen LogP contribution in [0.15, 0.2) is 66.9 Å². The van der Waals surface area contributed by atoms with Gasteiger partial charge in [-0.3, -0.25) is 44.1 Å². The molecule has 8 rings (SSSR count). The molecule has 16 nitrogen and oxygen atoms in total. The number of methoxy groups -OCH3 is 1. The normalized spacial score (nSPS) is 19.0. The Kier molecular flexibility index (Phi) is 9.46. The number of nitrogens with zero attached hydrogens (tertiary/aromatic N) is 6. The Morgan fingerprint density at radius 3 is 2.27 bits per heavy atom. The van der Waals surface area contributed by atoms with E-state index in [1.54, 1.807) is 61.8 Å². The molecule has 0 radical (unpaired) electrons. The highest BCUT2D eigenvalue weighted by Crippen LogP contribution is 2.34. The number of piperazine rings is 1. The molecule has 3 N–H and O–H groups in total. The van der Waals surface area contributed by atoms with E-state index in [1.165, 1.54) is 0 Å². The second-order valence-corrected chi connectivity index (χ2v) is 14.0. The summed E-state index contributed by atoms with van der Waals surface area (Å²) in [5, 5.41) is 11.9. The smallest absolute Gasteiger partial charge is 0.274 e. The van der Waals surface area contributed by atoms with Gasteiger partial charge in [-0.05, 0) is 67.8 Å². The number of amides is 6. The minimum absolute atomic E-state index is 0.0631. The summed E-state index contributed by atoms with van der Waals surface area (Å²) in [5.74, 6) is -1.99. The molecule has 0 bridgehead atoms. The molecule has 6 amide bonds. The van der Waals surface area contributed by atoms with Crippen LogP contribution in [0.3, 0.4) is 0 Å². The Hall–Kier alpha value is -6.58. The Bertz CT molecular complexity index is 2190. The van der Waals surface area contributed by atoms with Crippen molar-refractivity contribution in [2.45, 2.75) is 31.7 Å². The highest BCUT2D eigenvalue weighted by atomic mass is 16.5. The molecule has 0 spiro atoms. The van der Waals surface area contributed by atoms with Crippen molar-refractivity contribution in [2.75, 3.05) is 61.5 Å². The number of fused-ring (bicyclic) bond motifs is 1. The molecule has 6 heterocycles. The average molecular weight is 746 g/mol. The first kappa shape index (κ1) is 35.4. The summed E-state index contributed by atoms with van der Waals surface area (Å²) < 4.78 is 5.64. The summed E-state index contributed by atoms with van der Waals surface area (Å²) in [7, 11) is 1.55. The van der Waals surface area contributed by atoms with Crippen LogP contribution in [0.25, 0.3) is 11.4 Å². The van der Waals surface area contributed by atoms with Gasteiger partial charge in [0, 0.05) is 75.2 Å². The van der Waals surface area contributed by atoms with Gasteiger partial charge in [-0.25, -0.2) is 4.98 Å². The summed E-state index contributed by atoms with van der Waals surface area (Å²) in [5.41, 5.74) is 4.26. The summed E-state index contributed by atoms with van der Waals surface area (Å²) in [6.07, 6.45) is 3.09. The van der Waals surface area contributed by atoms with Crippen LogP contribution >= 0.6 is 0 Å². The van der Waals surface area contributed by atoms with Crippen LogP contribution < -0.4 is 25.2 Å². The van der Waals surface area contributed by atoms with E-state index in [2.05, 4.69) is 35.6 Å². The summed E-state index contributed by atoms with van der Waals surface area (Å²) >= 11 is 0. The third-order valence-corrected chi connectivity index (χ3v) is 10.8. The van der Waals surface area contributed by atoms with E-state index >= 15 is 0 Å². The van der Waals surface area contributed by atoms with E-state index in [0.717, 1.165) is 16.3 Å². The molecule has 2 aromatic carbocycles. The van der Waals surface area contributed by atoms with E-state index in [0.29, 0.717) is 74.9 Å². The van der Waals surface area contributed by atoms with Crippen molar-refractivity contribution in [3.05, 3.63) is 83.7 Å². The number of aromatic amines is 1. The van der Waals surface area contributed by atoms with Crippen LogP contribution in [0, 0.1) is 5.92 Å². The van der Waals surface area contributed by atoms with Gasteiger partial charge in [0.2, 0.25) is 17.7 Å². The highest BCUT2D eigenvalue weighted by Gasteiger charge is 2.45. The van der Waals surface area contributed by atoms with Crippen molar-refractivity contribution in [3.63, 3.8) is 0 Å². The van der Waals surface area contributed by atoms with Crippen LogP contribution in [-0.2, 0) is 14.4 Å². The first-order valence-corrected chi connectivity index (χ1v) is 18.3. The molecule has 4 aromatic rings. The molecule has 2 aromatic heterocycles. The fourth-order valence-electron chi connectivity index (χ4n) is 7.76. The minimum atomic E-state index is -1.01. The number of carbonyl (C=O) groups excluding carboxylic acids is 6. The summed E-state index contributed by atoms with van der Waals surface area (Å²) in [4.78, 5) is 88.8. The summed E-state index contributed by atoms with van der Waals surface area (Å²) in [6.45, 7) is 3.65. The van der Waals surface area contributed by atoms with Crippen LogP contribution in [0.5, 0.6) is 5.75 Å². The van der Waals surface area contributed by atoms with Gasteiger partial charge >= 0.3 is 0 Å². The quantitative estimate of drug-likeness (QED) is 0.225. The van der Waals surface area contributed by atoms with Crippen LogP contribution in [0.1, 0.15) is 56.9 Å². The zero-order valence-corrected chi connectivity index (χ0v) is 30.1. The number of ether oxygens (including phenoxy) is 1. The van der Waals surface area contributed by atoms with Gasteiger partial charge < -0.3 is 24.8 Å². The maximum atomic E-state index is 13.6. The Morgan fingerprint density at radius 1 is 0.818 bits per heavy atom. The molecule has 3 fully saturated rings. The molecule has 1 atom stereocenters. The van der Waals surface area contributed by atoms with Crippen molar-refractivity contribution in [3.8, 4) is 17.1 Å². The zero-order chi connectivity index (χ0) is 38.2. The minimum Gasteiger partial charge on any atom is -0.494 e. The van der Waals surface area contributed by atoms with Gasteiger partial charge in [0.25, 0.3) is 17.7 Å². The molecular weight excluding hydrogens is 706 g/mol. The fourth-order valence-corrected chi connectivity index (χ4v) is 7.76. The Balaban J connectivity index is 0.839. The maximum absolute atomic E-state index is 13.6. The number of piperidine rings is 2. The molecule has 0 saturated carbocycles. The monoisotopic (exact) mass is 745 g/mol. The molecular formula is C39H39N9O7. The second-order valence-electron chi connectivity index (χ2n) is 14.0. The van der Waals surface area contributed by atoms with Gasteiger partial charge in [-0.2, -0.15) is 5.10 Å². The third-order valence-electron chi connectivity index (χ3n) is 10.8. The third kappa shape index (κ3) is 6.86. The first-order valence-electron chi connectivity index (χ1n) is 18.3. The lowest BCUT2D eigenvalue weighted by molar-refractivity contribution is -0.137. The van der Waals surface area contributed by atoms with E-state index in [1.807, 2.05) is 17.0 Å². The molecule has 3 saturated heterocycles. The van der Waals surface area contributed by atoms with E-state index in [9.17, 15) is 28.8 Å². The van der Waals surface area contributed by atoms with Crippen LogP contribution in [0.2, 0.25) is 0 Å². The van der Waals surface area contributed by atoms with Crippen LogP contribution in [-0.4, -0.2) is 113 Å². The van der Waals surface area contributed by atoms with Crippen molar-refractivity contribution in [1.82, 2.24) is 30.3 Å². The number of nitrogens with one attached hydrogen (secondary N) is 3. The van der Waals surface area contributed by atoms with E-state index in [-0.39, 0.29) is 47.4 Å².